The van der Waals surface area contributed by atoms with Crippen molar-refractivity contribution in [3.63, 3.8) is 0 Å². The number of rotatable bonds is 16. The number of fused-ring (bicyclic) bond motifs is 2. The fraction of sp³-hybridized carbons (Fsp3) is 0.345. The fourth-order valence-corrected chi connectivity index (χ4v) is 15.9. The molecule has 8 heterocycles. The topological polar surface area (TPSA) is 241 Å². The summed E-state index contributed by atoms with van der Waals surface area (Å²) >= 11 is 4.72. The second kappa shape index (κ2) is 24.5. The third-order valence-electron chi connectivity index (χ3n) is 16.0. The number of amides is 2. The highest BCUT2D eigenvalue weighted by atomic mass is 32.2. The molecule has 6 N–H and O–H groups in total. The highest BCUT2D eigenvalue weighted by Crippen LogP contribution is 2.65. The number of alkyl halides is 6. The van der Waals surface area contributed by atoms with Gasteiger partial charge < -0.3 is 41.3 Å². The molecule has 0 radical (unpaired) electrons. The van der Waals surface area contributed by atoms with Crippen molar-refractivity contribution in [1.29, 1.82) is 0 Å². The van der Waals surface area contributed by atoms with Crippen molar-refractivity contribution in [3.8, 4) is 0 Å². The molecule has 2 saturated carbocycles. The van der Waals surface area contributed by atoms with E-state index in [9.17, 15) is 41.0 Å². The van der Waals surface area contributed by atoms with Gasteiger partial charge in [0.05, 0.1) is 12.4 Å². The number of alkyl carbamates (subject to hydrolysis) is 1. The van der Waals surface area contributed by atoms with Crippen LogP contribution in [0.25, 0.3) is 0 Å². The van der Waals surface area contributed by atoms with E-state index in [1.807, 2.05) is 85.3 Å². The molecule has 2 aromatic carbocycles. The molecular weight excluding hydrogens is 1200 g/mol. The molecule has 6 aromatic heterocycles. The average molecular weight is 1260 g/mol. The van der Waals surface area contributed by atoms with Crippen LogP contribution in [0, 0.1) is 37.5 Å². The number of thiazole rings is 2. The van der Waals surface area contributed by atoms with Crippen molar-refractivity contribution in [2.45, 2.75) is 82.9 Å². The van der Waals surface area contributed by atoms with E-state index < -0.39 is 41.3 Å². The van der Waals surface area contributed by atoms with Gasteiger partial charge in [-0.05, 0) is 85.8 Å². The number of hydrogen-bond donors (Lipinski definition) is 4. The average Bonchev–Trinajstić information content (AvgIpc) is 1.55. The van der Waals surface area contributed by atoms with E-state index in [-0.39, 0.29) is 67.8 Å². The number of halogens is 6. The van der Waals surface area contributed by atoms with Gasteiger partial charge in [-0.25, -0.2) is 39.5 Å². The van der Waals surface area contributed by atoms with Crippen LogP contribution in [0.15, 0.2) is 140 Å². The SMILES string of the molecule is Cc1csc(C2(CN(Cc3ccccc3)C(=O)O)C3CCN(c4cnc(Sc5cccnc5C(F)(F)F)c(N)n4)CC32)n1.Cc1csc(C2(CNC(=O)OCc3ccccc3)C3CCN(c4cnc(Sc5cccnc5C(F)(F)F)c(N)n4)CC32)n1. The van der Waals surface area contributed by atoms with E-state index in [4.69, 9.17) is 26.2 Å². The molecule has 4 aliphatic rings. The molecule has 4 fully saturated rings. The Morgan fingerprint density at radius 2 is 1.15 bits per heavy atom. The quantitative estimate of drug-likeness (QED) is 0.0658. The lowest BCUT2D eigenvalue weighted by Crippen LogP contribution is -2.38. The lowest BCUT2D eigenvalue weighted by molar-refractivity contribution is -0.144. The van der Waals surface area contributed by atoms with Crippen molar-refractivity contribution >= 4 is 81.7 Å². The van der Waals surface area contributed by atoms with Crippen LogP contribution in [-0.2, 0) is 41.1 Å². The summed E-state index contributed by atoms with van der Waals surface area (Å²) in [7, 11) is 0. The van der Waals surface area contributed by atoms with E-state index in [2.05, 4.69) is 45.0 Å². The van der Waals surface area contributed by atoms with E-state index in [0.29, 0.717) is 56.8 Å². The Morgan fingerprint density at radius 3 is 1.62 bits per heavy atom. The Morgan fingerprint density at radius 1 is 0.674 bits per heavy atom. The summed E-state index contributed by atoms with van der Waals surface area (Å²) in [5.74, 6) is 2.04. The number of nitrogens with one attached hydrogen (secondary N) is 1. The number of benzene rings is 2. The monoisotopic (exact) mass is 1250 g/mol. The van der Waals surface area contributed by atoms with Crippen LogP contribution in [0.4, 0.5) is 59.2 Å². The van der Waals surface area contributed by atoms with Crippen LogP contribution in [0.2, 0.25) is 0 Å². The first-order valence-electron chi connectivity index (χ1n) is 27.2. The summed E-state index contributed by atoms with van der Waals surface area (Å²) in [5.41, 5.74) is 13.3. The Hall–Kier alpha value is -7.82. The Balaban J connectivity index is 0.000000179. The number of nitrogen functional groups attached to an aromatic ring is 2. The summed E-state index contributed by atoms with van der Waals surface area (Å²) < 4.78 is 86.0. The maximum absolute atomic E-state index is 13.4. The second-order valence-electron chi connectivity index (χ2n) is 21.3. The Bertz CT molecular complexity index is 3740. The summed E-state index contributed by atoms with van der Waals surface area (Å²) in [5, 5.41) is 19.4. The van der Waals surface area contributed by atoms with Gasteiger partial charge in [0, 0.05) is 101 Å². The predicted octanol–water partition coefficient (Wildman–Crippen LogP) is 11.7. The number of aryl methyl sites for hydroxylation is 2. The molecule has 2 aliphatic carbocycles. The molecule has 0 spiro atoms. The van der Waals surface area contributed by atoms with Crippen LogP contribution in [0.5, 0.6) is 0 Å². The minimum absolute atomic E-state index is 0.0270. The number of carboxylic acid groups (broad SMARTS) is 1. The Kier molecular flexibility index (Phi) is 17.1. The maximum Gasteiger partial charge on any atom is 0.434 e. The molecule has 28 heteroatoms. The second-order valence-corrected chi connectivity index (χ2v) is 25.1. The zero-order chi connectivity index (χ0) is 60.5. The van der Waals surface area contributed by atoms with Gasteiger partial charge in [-0.2, -0.15) is 26.3 Å². The number of aromatic nitrogens is 8. The van der Waals surface area contributed by atoms with Gasteiger partial charge >= 0.3 is 24.5 Å². The van der Waals surface area contributed by atoms with E-state index in [1.165, 1.54) is 35.4 Å². The van der Waals surface area contributed by atoms with Crippen LogP contribution in [0.1, 0.15) is 56.8 Å². The summed E-state index contributed by atoms with van der Waals surface area (Å²) in [6.45, 7) is 7.66. The normalized spacial score (nSPS) is 21.3. The fourth-order valence-electron chi connectivity index (χ4n) is 11.9. The smallest absolute Gasteiger partial charge is 0.434 e. The highest BCUT2D eigenvalue weighted by Gasteiger charge is 2.70. The molecular formula is C58H56F6N14O4S4. The number of carbonyl (C=O) groups is 2. The van der Waals surface area contributed by atoms with Crippen molar-refractivity contribution in [3.05, 3.63) is 164 Å². The minimum atomic E-state index is -4.61. The van der Waals surface area contributed by atoms with Crippen LogP contribution in [0.3, 0.4) is 0 Å². The lowest BCUT2D eigenvalue weighted by atomic mass is 10.0. The lowest BCUT2D eigenvalue weighted by Gasteiger charge is -2.27. The van der Waals surface area contributed by atoms with Crippen molar-refractivity contribution in [2.75, 3.05) is 60.5 Å². The predicted molar refractivity (Wildman–Crippen MR) is 314 cm³/mol. The number of anilines is 4. The summed E-state index contributed by atoms with van der Waals surface area (Å²) in [4.78, 5) is 64.8. The minimum Gasteiger partial charge on any atom is -0.465 e. The number of ether oxygens (including phenoxy) is 1. The van der Waals surface area contributed by atoms with Gasteiger partial charge in [0.25, 0.3) is 0 Å². The highest BCUT2D eigenvalue weighted by molar-refractivity contribution is 7.99. The van der Waals surface area contributed by atoms with E-state index in [1.54, 1.807) is 28.9 Å². The van der Waals surface area contributed by atoms with Gasteiger partial charge in [-0.15, -0.1) is 22.7 Å². The van der Waals surface area contributed by atoms with Crippen LogP contribution >= 0.6 is 46.2 Å². The van der Waals surface area contributed by atoms with Crippen molar-refractivity contribution < 1.29 is 45.8 Å². The van der Waals surface area contributed by atoms with Crippen LogP contribution in [-0.4, -0.2) is 101 Å². The first-order valence-corrected chi connectivity index (χ1v) is 30.6. The molecule has 8 aromatic rings. The maximum atomic E-state index is 13.4. The molecule has 2 amide bonds. The summed E-state index contributed by atoms with van der Waals surface area (Å²) in [6, 6.07) is 24.5. The molecule has 6 atom stereocenters. The number of nitrogens with zero attached hydrogens (tertiary/aromatic N) is 11. The molecule has 2 saturated heterocycles. The molecule has 12 rings (SSSR count). The van der Waals surface area contributed by atoms with E-state index in [0.717, 1.165) is 81.3 Å². The third-order valence-corrected chi connectivity index (χ3v) is 20.4. The number of hydrogen-bond acceptors (Lipinski definition) is 19. The zero-order valence-electron chi connectivity index (χ0n) is 46.1. The van der Waals surface area contributed by atoms with Crippen molar-refractivity contribution in [2.24, 2.45) is 23.7 Å². The molecule has 18 nitrogen and oxygen atoms in total. The van der Waals surface area contributed by atoms with Crippen LogP contribution < -0.4 is 26.6 Å². The Labute approximate surface area is 506 Å². The molecule has 2 aliphatic heterocycles. The van der Waals surface area contributed by atoms with Crippen molar-refractivity contribution in [1.82, 2.24) is 50.1 Å². The number of nitrogens with two attached hydrogens (primary N) is 2. The first kappa shape index (κ1) is 59.9. The number of piperidine rings is 2. The van der Waals surface area contributed by atoms with Gasteiger partial charge in [0.2, 0.25) is 0 Å². The largest absolute Gasteiger partial charge is 0.465 e. The summed E-state index contributed by atoms with van der Waals surface area (Å²) in [6.07, 6.45) is -3.77. The zero-order valence-corrected chi connectivity index (χ0v) is 49.3. The number of pyridine rings is 2. The molecule has 6 unspecified atom stereocenters. The van der Waals surface area contributed by atoms with Gasteiger partial charge in [0.1, 0.15) is 38.3 Å². The van der Waals surface area contributed by atoms with Gasteiger partial charge in [-0.1, -0.05) is 84.2 Å². The first-order chi connectivity index (χ1) is 41.2. The van der Waals surface area contributed by atoms with Gasteiger partial charge in [0.15, 0.2) is 23.0 Å². The molecule has 448 valence electrons. The van der Waals surface area contributed by atoms with Gasteiger partial charge in [-0.3, -0.25) is 9.97 Å². The molecule has 86 heavy (non-hydrogen) atoms. The third kappa shape index (κ3) is 12.7. The molecule has 0 bridgehead atoms. The standard InChI is InChI=1S/2C29H28F3N7O2S2/c1-17-15-42-26(37-17)28(16-36-27(40)41-14-18-6-3-2-4-7-18)19-9-11-39(13-20(19)28)22-12-35-25(24(33)38-22)43-21-8-5-10-34-23(21)29(30,31)32;1-17-15-42-26(36-17)28(16-39(27(40)41)13-18-6-3-2-4-7-18)19-9-11-38(14-20(19)28)22-12-35-25(24(33)37-22)43-21-8-5-10-34-23(21)29(30,31)32/h2-8,10,12,15,19-20H,9,11,13-14,16H2,1H3,(H2,33,38)(H,36,40);2-8,10,12,15,19-20H,9,11,13-14,16H2,1H3,(H2,33,37)(H,40,41). The van der Waals surface area contributed by atoms with E-state index >= 15 is 0 Å². The number of carbonyl (C=O) groups excluding carboxylic acids is 1.